The van der Waals surface area contributed by atoms with Gasteiger partial charge in [0, 0.05) is 17.9 Å². The number of hydrogen-bond donors (Lipinski definition) is 0. The van der Waals surface area contributed by atoms with Crippen LogP contribution in [0.25, 0.3) is 0 Å². The third kappa shape index (κ3) is 1.99. The molecule has 1 aromatic carbocycles. The first-order valence-corrected chi connectivity index (χ1v) is 5.57. The molecule has 1 aromatic rings. The van der Waals surface area contributed by atoms with E-state index in [9.17, 15) is 13.6 Å². The smallest absolute Gasteiger partial charge is 0.254 e. The molecule has 0 bridgehead atoms. The molecule has 1 saturated carbocycles. The molecule has 0 saturated heterocycles. The first kappa shape index (κ1) is 11.2. The molecule has 1 aliphatic carbocycles. The molecule has 3 heteroatoms. The van der Waals surface area contributed by atoms with Gasteiger partial charge in [-0.3, -0.25) is 4.79 Å². The first-order chi connectivity index (χ1) is 7.65. The summed E-state index contributed by atoms with van der Waals surface area (Å²) in [6.45, 7) is 0. The van der Waals surface area contributed by atoms with Crippen LogP contribution in [0.4, 0.5) is 8.78 Å². The summed E-state index contributed by atoms with van der Waals surface area (Å²) < 4.78 is 27.5. The van der Waals surface area contributed by atoms with Crippen molar-refractivity contribution >= 4 is 6.29 Å². The first-order valence-electron chi connectivity index (χ1n) is 5.57. The maximum Gasteiger partial charge on any atom is 0.254 e. The van der Waals surface area contributed by atoms with Crippen molar-refractivity contribution in [2.24, 2.45) is 0 Å². The highest BCUT2D eigenvalue weighted by molar-refractivity contribution is 5.77. The van der Waals surface area contributed by atoms with Gasteiger partial charge in [-0.2, -0.15) is 0 Å². The highest BCUT2D eigenvalue weighted by atomic mass is 19.3. The van der Waals surface area contributed by atoms with Crippen molar-refractivity contribution < 1.29 is 13.6 Å². The molecule has 0 amide bonds. The molecule has 0 spiro atoms. The standard InChI is InChI=1S/C13H14F2O/c14-13(15)8-4-3-7-12(13)11-6-2-1-5-10(11)9-16/h1-2,5-6,9,12H,3-4,7-8H2. The minimum absolute atomic E-state index is 0.0646. The van der Waals surface area contributed by atoms with Crippen LogP contribution in [-0.2, 0) is 0 Å². The number of carbonyl (C=O) groups excluding carboxylic acids is 1. The fraction of sp³-hybridized carbons (Fsp3) is 0.462. The lowest BCUT2D eigenvalue weighted by molar-refractivity contribution is -0.0548. The number of halogens is 2. The van der Waals surface area contributed by atoms with Crippen LogP contribution in [0.5, 0.6) is 0 Å². The van der Waals surface area contributed by atoms with Gasteiger partial charge in [0.25, 0.3) is 5.92 Å². The van der Waals surface area contributed by atoms with Gasteiger partial charge in [-0.25, -0.2) is 8.78 Å². The summed E-state index contributed by atoms with van der Waals surface area (Å²) in [7, 11) is 0. The number of carbonyl (C=O) groups is 1. The van der Waals surface area contributed by atoms with Crippen molar-refractivity contribution in [3.8, 4) is 0 Å². The summed E-state index contributed by atoms with van der Waals surface area (Å²) in [6.07, 6.45) is 2.46. The predicted octanol–water partition coefficient (Wildman–Crippen LogP) is 3.79. The summed E-state index contributed by atoms with van der Waals surface area (Å²) in [5.74, 6) is -3.46. The van der Waals surface area contributed by atoms with E-state index in [-0.39, 0.29) is 6.42 Å². The van der Waals surface area contributed by atoms with Crippen molar-refractivity contribution in [2.75, 3.05) is 0 Å². The van der Waals surface area contributed by atoms with Crippen molar-refractivity contribution in [3.63, 3.8) is 0 Å². The molecule has 0 N–H and O–H groups in total. The number of rotatable bonds is 2. The van der Waals surface area contributed by atoms with E-state index in [1.165, 1.54) is 0 Å². The second-order valence-electron chi connectivity index (χ2n) is 4.31. The lowest BCUT2D eigenvalue weighted by Gasteiger charge is -2.32. The molecule has 1 aliphatic rings. The fourth-order valence-corrected chi connectivity index (χ4v) is 2.41. The second-order valence-corrected chi connectivity index (χ2v) is 4.31. The van der Waals surface area contributed by atoms with Gasteiger partial charge in [-0.1, -0.05) is 30.7 Å². The van der Waals surface area contributed by atoms with E-state index in [2.05, 4.69) is 0 Å². The van der Waals surface area contributed by atoms with Gasteiger partial charge in [0.15, 0.2) is 0 Å². The largest absolute Gasteiger partial charge is 0.298 e. The lowest BCUT2D eigenvalue weighted by Crippen LogP contribution is -2.30. The zero-order valence-corrected chi connectivity index (χ0v) is 8.96. The topological polar surface area (TPSA) is 17.1 Å². The minimum Gasteiger partial charge on any atom is -0.298 e. The van der Waals surface area contributed by atoms with Crippen molar-refractivity contribution in [1.29, 1.82) is 0 Å². The van der Waals surface area contributed by atoms with Crippen molar-refractivity contribution in [1.82, 2.24) is 0 Å². The molecular formula is C13H14F2O. The van der Waals surface area contributed by atoms with Gasteiger partial charge in [0.2, 0.25) is 0 Å². The summed E-state index contributed by atoms with van der Waals surface area (Å²) in [5.41, 5.74) is 0.899. The van der Waals surface area contributed by atoms with E-state index in [4.69, 9.17) is 0 Å². The summed E-state index contributed by atoms with van der Waals surface area (Å²) in [6, 6.07) is 6.67. The summed E-state index contributed by atoms with van der Waals surface area (Å²) in [4.78, 5) is 10.8. The number of alkyl halides is 2. The number of aldehydes is 1. The molecule has 16 heavy (non-hydrogen) atoms. The van der Waals surface area contributed by atoms with Crippen molar-refractivity contribution in [3.05, 3.63) is 35.4 Å². The van der Waals surface area contributed by atoms with E-state index in [1.807, 2.05) is 0 Å². The molecule has 0 heterocycles. The molecular weight excluding hydrogens is 210 g/mol. The predicted molar refractivity (Wildman–Crippen MR) is 58.0 cm³/mol. The van der Waals surface area contributed by atoms with E-state index in [0.717, 1.165) is 6.42 Å². The highest BCUT2D eigenvalue weighted by Crippen LogP contribution is 2.45. The van der Waals surface area contributed by atoms with Gasteiger partial charge < -0.3 is 0 Å². The van der Waals surface area contributed by atoms with Crippen LogP contribution in [-0.4, -0.2) is 12.2 Å². The van der Waals surface area contributed by atoms with E-state index >= 15 is 0 Å². The van der Waals surface area contributed by atoms with Crippen LogP contribution in [0.2, 0.25) is 0 Å². The molecule has 0 aliphatic heterocycles. The maximum atomic E-state index is 13.8. The maximum absolute atomic E-state index is 13.8. The Hall–Kier alpha value is -1.25. The normalized spacial score (nSPS) is 24.0. The summed E-state index contributed by atoms with van der Waals surface area (Å²) in [5, 5.41) is 0. The molecule has 86 valence electrons. The Morgan fingerprint density at radius 1 is 1.25 bits per heavy atom. The third-order valence-corrected chi connectivity index (χ3v) is 3.26. The van der Waals surface area contributed by atoms with Crippen molar-refractivity contribution in [2.45, 2.75) is 37.5 Å². The fourth-order valence-electron chi connectivity index (χ4n) is 2.41. The number of hydrogen-bond acceptors (Lipinski definition) is 1. The Kier molecular flexibility index (Phi) is 3.03. The zero-order chi connectivity index (χ0) is 11.6. The average molecular weight is 224 g/mol. The van der Waals surface area contributed by atoms with Crippen LogP contribution in [0.1, 0.15) is 47.5 Å². The van der Waals surface area contributed by atoms with E-state index in [1.54, 1.807) is 24.3 Å². The van der Waals surface area contributed by atoms with Crippen LogP contribution >= 0.6 is 0 Å². The molecule has 0 radical (unpaired) electrons. The van der Waals surface area contributed by atoms with E-state index < -0.39 is 11.8 Å². The molecule has 1 fully saturated rings. The third-order valence-electron chi connectivity index (χ3n) is 3.26. The highest BCUT2D eigenvalue weighted by Gasteiger charge is 2.42. The minimum atomic E-state index is -2.67. The lowest BCUT2D eigenvalue weighted by atomic mass is 9.79. The van der Waals surface area contributed by atoms with Gasteiger partial charge in [-0.15, -0.1) is 0 Å². The average Bonchev–Trinajstić information content (AvgIpc) is 2.28. The molecule has 1 nitrogen and oxygen atoms in total. The molecule has 1 unspecified atom stereocenters. The molecule has 0 aromatic heterocycles. The van der Waals surface area contributed by atoms with Crippen LogP contribution in [0.15, 0.2) is 24.3 Å². The quantitative estimate of drug-likeness (QED) is 0.698. The van der Waals surface area contributed by atoms with Gasteiger partial charge in [0.05, 0.1) is 0 Å². The van der Waals surface area contributed by atoms with Gasteiger partial charge in [-0.05, 0) is 18.4 Å². The second kappa shape index (κ2) is 4.32. The van der Waals surface area contributed by atoms with Crippen LogP contribution in [0.3, 0.4) is 0 Å². The van der Waals surface area contributed by atoms with Gasteiger partial charge in [0.1, 0.15) is 6.29 Å². The Morgan fingerprint density at radius 2 is 2.00 bits per heavy atom. The van der Waals surface area contributed by atoms with Crippen LogP contribution in [0, 0.1) is 0 Å². The summed E-state index contributed by atoms with van der Waals surface area (Å²) >= 11 is 0. The Morgan fingerprint density at radius 3 is 2.69 bits per heavy atom. The molecule has 1 atom stereocenters. The Balaban J connectivity index is 2.38. The molecule has 2 rings (SSSR count). The Bertz CT molecular complexity index is 387. The van der Waals surface area contributed by atoms with Crippen LogP contribution < -0.4 is 0 Å². The SMILES string of the molecule is O=Cc1ccccc1C1CCCCC1(F)F. The number of benzene rings is 1. The monoisotopic (exact) mass is 224 g/mol. The van der Waals surface area contributed by atoms with E-state index in [0.29, 0.717) is 30.3 Å². The zero-order valence-electron chi connectivity index (χ0n) is 8.96. The Labute approximate surface area is 93.5 Å². The van der Waals surface area contributed by atoms with Gasteiger partial charge >= 0.3 is 0 Å².